The van der Waals surface area contributed by atoms with Gasteiger partial charge in [-0.25, -0.2) is 29.9 Å². The van der Waals surface area contributed by atoms with E-state index in [1.807, 2.05) is 65.3 Å². The van der Waals surface area contributed by atoms with Crippen LogP contribution in [0.4, 0.5) is 11.6 Å². The van der Waals surface area contributed by atoms with Crippen LogP contribution in [0.15, 0.2) is 49.6 Å². The summed E-state index contributed by atoms with van der Waals surface area (Å²) in [6.45, 7) is 0. The summed E-state index contributed by atoms with van der Waals surface area (Å²) in [5.74, 6) is 1.56. The third kappa shape index (κ3) is 2.72. The molecule has 0 spiro atoms. The van der Waals surface area contributed by atoms with Gasteiger partial charge in [0.05, 0.1) is 11.4 Å². The first-order valence-electron chi connectivity index (χ1n) is 9.36. The second kappa shape index (κ2) is 6.76. The Bertz CT molecular complexity index is 1260. The number of nitrogens with zero attached hydrogens (tertiary/aromatic N) is 10. The molecule has 0 aliphatic rings. The van der Waals surface area contributed by atoms with Crippen molar-refractivity contribution in [3.63, 3.8) is 0 Å². The summed E-state index contributed by atoms with van der Waals surface area (Å²) in [4.78, 5) is 30.5. The highest BCUT2D eigenvalue weighted by molar-refractivity contribution is 5.85. The molecule has 0 unspecified atom stereocenters. The molecule has 0 radical (unpaired) electrons. The van der Waals surface area contributed by atoms with E-state index in [1.165, 1.54) is 0 Å². The lowest BCUT2D eigenvalue weighted by atomic mass is 10.2. The van der Waals surface area contributed by atoms with Gasteiger partial charge in [0.25, 0.3) is 0 Å². The number of aromatic nitrogens is 8. The minimum atomic E-state index is 0.749. The number of benzene rings is 1. The Morgan fingerprint density at radius 3 is 1.53 bits per heavy atom. The zero-order chi connectivity index (χ0) is 20.8. The Labute approximate surface area is 172 Å². The number of imidazole rings is 2. The van der Waals surface area contributed by atoms with Crippen LogP contribution in [-0.4, -0.2) is 67.2 Å². The van der Waals surface area contributed by atoms with Gasteiger partial charge in [0.2, 0.25) is 0 Å². The van der Waals surface area contributed by atoms with Gasteiger partial charge in [-0.3, -0.25) is 9.13 Å². The van der Waals surface area contributed by atoms with Crippen LogP contribution in [0, 0.1) is 0 Å². The van der Waals surface area contributed by atoms with Gasteiger partial charge in [0.15, 0.2) is 34.0 Å². The van der Waals surface area contributed by atoms with E-state index in [1.54, 1.807) is 25.3 Å². The van der Waals surface area contributed by atoms with E-state index in [9.17, 15) is 0 Å². The van der Waals surface area contributed by atoms with Gasteiger partial charge in [0.1, 0.15) is 25.3 Å². The Hall–Kier alpha value is -4.08. The average Bonchev–Trinajstić information content (AvgIpc) is 3.37. The van der Waals surface area contributed by atoms with Gasteiger partial charge >= 0.3 is 0 Å². The molecule has 5 rings (SSSR count). The standard InChI is InChI=1S/C20H20N10/c1-27(2)17-15-19(23-9-21-17)29(11-25-15)13-6-5-7-14(8-13)30-12-26-16-18(28(3)4)22-10-24-20(16)30/h5-12H,1-4H3. The largest absolute Gasteiger partial charge is 0.361 e. The monoisotopic (exact) mass is 400 g/mol. The number of hydrogen-bond donors (Lipinski definition) is 0. The zero-order valence-electron chi connectivity index (χ0n) is 17.1. The summed E-state index contributed by atoms with van der Waals surface area (Å²) in [7, 11) is 7.76. The van der Waals surface area contributed by atoms with Crippen molar-refractivity contribution in [3.8, 4) is 11.4 Å². The minimum Gasteiger partial charge on any atom is -0.361 e. The molecule has 30 heavy (non-hydrogen) atoms. The van der Waals surface area contributed by atoms with Crippen molar-refractivity contribution in [1.29, 1.82) is 0 Å². The highest BCUT2D eigenvalue weighted by Gasteiger charge is 2.15. The molecule has 10 nitrogen and oxygen atoms in total. The molecule has 1 aromatic carbocycles. The zero-order valence-corrected chi connectivity index (χ0v) is 17.1. The number of fused-ring (bicyclic) bond motifs is 2. The van der Waals surface area contributed by atoms with Crippen LogP contribution in [0.25, 0.3) is 33.7 Å². The Morgan fingerprint density at radius 1 is 0.633 bits per heavy atom. The number of hydrogen-bond acceptors (Lipinski definition) is 8. The number of anilines is 2. The van der Waals surface area contributed by atoms with E-state index >= 15 is 0 Å². The molecule has 0 amide bonds. The molecule has 0 N–H and O–H groups in total. The van der Waals surface area contributed by atoms with E-state index in [4.69, 9.17) is 0 Å². The summed E-state index contributed by atoms with van der Waals surface area (Å²) in [6.07, 6.45) is 6.65. The van der Waals surface area contributed by atoms with E-state index in [0.717, 1.165) is 45.3 Å². The summed E-state index contributed by atoms with van der Waals surface area (Å²) in [5.41, 5.74) is 4.87. The summed E-state index contributed by atoms with van der Waals surface area (Å²) in [6, 6.07) is 8.07. The SMILES string of the molecule is CN(C)c1ncnc2c1ncn2-c1cccc(-n2cnc3c(N(C)C)ncnc32)c1. The maximum atomic E-state index is 4.54. The Morgan fingerprint density at radius 2 is 1.10 bits per heavy atom. The molecular weight excluding hydrogens is 380 g/mol. The van der Waals surface area contributed by atoms with Crippen LogP contribution >= 0.6 is 0 Å². The van der Waals surface area contributed by atoms with Crippen LogP contribution < -0.4 is 9.80 Å². The second-order valence-electron chi connectivity index (χ2n) is 7.28. The van der Waals surface area contributed by atoms with Gasteiger partial charge in [-0.1, -0.05) is 6.07 Å². The van der Waals surface area contributed by atoms with Crippen molar-refractivity contribution in [2.75, 3.05) is 38.0 Å². The lowest BCUT2D eigenvalue weighted by Gasteiger charge is -2.12. The Balaban J connectivity index is 1.65. The first kappa shape index (κ1) is 18.0. The van der Waals surface area contributed by atoms with Crippen molar-refractivity contribution in [3.05, 3.63) is 49.6 Å². The lowest BCUT2D eigenvalue weighted by molar-refractivity contribution is 1.02. The summed E-state index contributed by atoms with van der Waals surface area (Å²) in [5, 5.41) is 0. The molecular formula is C20H20N10. The van der Waals surface area contributed by atoms with Crippen molar-refractivity contribution >= 4 is 34.0 Å². The summed E-state index contributed by atoms with van der Waals surface area (Å²) < 4.78 is 3.90. The van der Waals surface area contributed by atoms with Crippen molar-refractivity contribution in [1.82, 2.24) is 39.0 Å². The van der Waals surface area contributed by atoms with E-state index in [2.05, 4.69) is 36.0 Å². The predicted octanol–water partition coefficient (Wildman–Crippen LogP) is 2.08. The molecule has 0 bridgehead atoms. The van der Waals surface area contributed by atoms with Gasteiger partial charge in [-0.2, -0.15) is 0 Å². The fourth-order valence-electron chi connectivity index (χ4n) is 3.47. The van der Waals surface area contributed by atoms with Crippen LogP contribution in [0.1, 0.15) is 0 Å². The third-order valence-electron chi connectivity index (χ3n) is 4.86. The normalized spacial score (nSPS) is 11.3. The molecule has 10 heteroatoms. The molecule has 150 valence electrons. The first-order chi connectivity index (χ1) is 14.5. The van der Waals surface area contributed by atoms with E-state index < -0.39 is 0 Å². The van der Waals surface area contributed by atoms with Crippen LogP contribution in [-0.2, 0) is 0 Å². The minimum absolute atomic E-state index is 0.749. The molecule has 0 saturated carbocycles. The fourth-order valence-corrected chi connectivity index (χ4v) is 3.47. The quantitative estimate of drug-likeness (QED) is 0.453. The van der Waals surface area contributed by atoms with Crippen LogP contribution in [0.5, 0.6) is 0 Å². The van der Waals surface area contributed by atoms with Crippen molar-refractivity contribution in [2.24, 2.45) is 0 Å². The molecule has 5 aromatic rings. The summed E-state index contributed by atoms with van der Waals surface area (Å²) >= 11 is 0. The molecule has 4 aromatic heterocycles. The Kier molecular flexibility index (Phi) is 4.05. The van der Waals surface area contributed by atoms with Gasteiger partial charge in [0, 0.05) is 28.2 Å². The van der Waals surface area contributed by atoms with Crippen LogP contribution in [0.2, 0.25) is 0 Å². The second-order valence-corrected chi connectivity index (χ2v) is 7.28. The average molecular weight is 400 g/mol. The maximum Gasteiger partial charge on any atom is 0.170 e. The molecule has 4 heterocycles. The van der Waals surface area contributed by atoms with Gasteiger partial charge < -0.3 is 9.80 Å². The third-order valence-corrected chi connectivity index (χ3v) is 4.86. The van der Waals surface area contributed by atoms with Crippen LogP contribution in [0.3, 0.4) is 0 Å². The first-order valence-corrected chi connectivity index (χ1v) is 9.36. The lowest BCUT2D eigenvalue weighted by Crippen LogP contribution is -2.11. The molecule has 0 aliphatic heterocycles. The molecule has 0 atom stereocenters. The molecule has 0 fully saturated rings. The molecule has 0 saturated heterocycles. The van der Waals surface area contributed by atoms with Crippen molar-refractivity contribution < 1.29 is 0 Å². The number of rotatable bonds is 4. The topological polar surface area (TPSA) is 93.7 Å². The molecule has 0 aliphatic carbocycles. The van der Waals surface area contributed by atoms with E-state index in [-0.39, 0.29) is 0 Å². The van der Waals surface area contributed by atoms with E-state index in [0.29, 0.717) is 0 Å². The highest BCUT2D eigenvalue weighted by Crippen LogP contribution is 2.26. The van der Waals surface area contributed by atoms with Gasteiger partial charge in [-0.15, -0.1) is 0 Å². The smallest absolute Gasteiger partial charge is 0.170 e. The van der Waals surface area contributed by atoms with Gasteiger partial charge in [-0.05, 0) is 18.2 Å². The fraction of sp³-hybridized carbons (Fsp3) is 0.200. The highest BCUT2D eigenvalue weighted by atomic mass is 15.2. The van der Waals surface area contributed by atoms with Crippen molar-refractivity contribution in [2.45, 2.75) is 0 Å². The predicted molar refractivity (Wildman–Crippen MR) is 116 cm³/mol. The maximum absolute atomic E-state index is 4.54.